The van der Waals surface area contributed by atoms with Crippen LogP contribution < -0.4 is 4.74 Å². The van der Waals surface area contributed by atoms with Crippen LogP contribution in [0, 0.1) is 13.8 Å². The van der Waals surface area contributed by atoms with Crippen molar-refractivity contribution in [2.45, 2.75) is 130 Å². The first kappa shape index (κ1) is 32.9. The van der Waals surface area contributed by atoms with Crippen LogP contribution in [0.25, 0.3) is 22.3 Å². The highest BCUT2D eigenvalue weighted by Crippen LogP contribution is 2.51. The van der Waals surface area contributed by atoms with E-state index < -0.39 is 0 Å². The van der Waals surface area contributed by atoms with Gasteiger partial charge in [-0.2, -0.15) is 0 Å². The minimum Gasteiger partial charge on any atom is -0.507 e. The lowest BCUT2D eigenvalue weighted by molar-refractivity contribution is -0.0224. The van der Waals surface area contributed by atoms with Gasteiger partial charge in [-0.25, -0.2) is 0 Å². The largest absolute Gasteiger partial charge is 0.507 e. The Labute approximate surface area is 260 Å². The van der Waals surface area contributed by atoms with Gasteiger partial charge in [-0.05, 0) is 90.3 Å². The van der Waals surface area contributed by atoms with Crippen molar-refractivity contribution in [1.29, 1.82) is 0 Å². The van der Waals surface area contributed by atoms with Crippen LogP contribution in [0.5, 0.6) is 17.2 Å². The third-order valence-electron chi connectivity index (χ3n) is 8.87. The van der Waals surface area contributed by atoms with Crippen molar-refractivity contribution in [3.63, 3.8) is 0 Å². The highest BCUT2D eigenvalue weighted by molar-refractivity contribution is 5.89. The fourth-order valence-electron chi connectivity index (χ4n) is 6.32. The van der Waals surface area contributed by atoms with Crippen LogP contribution in [-0.2, 0) is 21.0 Å². The normalized spacial score (nSPS) is 18.1. The van der Waals surface area contributed by atoms with E-state index in [0.717, 1.165) is 75.8 Å². The fraction of sp³-hybridized carbons (Fsp3) is 0.538. The maximum absolute atomic E-state index is 11.9. The summed E-state index contributed by atoms with van der Waals surface area (Å²) in [7, 11) is 1.76. The predicted molar refractivity (Wildman–Crippen MR) is 180 cm³/mol. The molecule has 0 saturated heterocycles. The van der Waals surface area contributed by atoms with E-state index in [2.05, 4.69) is 113 Å². The highest BCUT2D eigenvalue weighted by Gasteiger charge is 2.33. The van der Waals surface area contributed by atoms with Crippen molar-refractivity contribution >= 4 is 0 Å². The summed E-state index contributed by atoms with van der Waals surface area (Å²) in [5, 5.41) is 23.8. The number of ether oxygens (including phenoxy) is 2. The molecule has 234 valence electrons. The molecule has 0 aromatic heterocycles. The maximum Gasteiger partial charge on any atom is 0.135 e. The lowest BCUT2D eigenvalue weighted by atomic mass is 9.79. The zero-order chi connectivity index (χ0) is 32.1. The van der Waals surface area contributed by atoms with Crippen molar-refractivity contribution < 1.29 is 19.7 Å². The number of hydrogen-bond acceptors (Lipinski definition) is 4. The topological polar surface area (TPSA) is 58.9 Å². The van der Waals surface area contributed by atoms with Gasteiger partial charge in [-0.3, -0.25) is 0 Å². The van der Waals surface area contributed by atoms with Gasteiger partial charge in [0.15, 0.2) is 0 Å². The minimum absolute atomic E-state index is 0.0239. The molecular formula is C39H54O4. The van der Waals surface area contributed by atoms with Crippen molar-refractivity contribution in [3.8, 4) is 39.5 Å². The zero-order valence-electron chi connectivity index (χ0n) is 28.7. The maximum atomic E-state index is 11.9. The van der Waals surface area contributed by atoms with Gasteiger partial charge in [0.25, 0.3) is 0 Å². The first-order valence-electron chi connectivity index (χ1n) is 15.9. The molecule has 0 spiro atoms. The monoisotopic (exact) mass is 586 g/mol. The van der Waals surface area contributed by atoms with Gasteiger partial charge in [0.05, 0.1) is 6.10 Å². The number of hydrogen-bond donors (Lipinski definition) is 2. The Bertz CT molecular complexity index is 1390. The molecule has 1 aliphatic carbocycles. The third-order valence-corrected chi connectivity index (χ3v) is 8.87. The fourth-order valence-corrected chi connectivity index (χ4v) is 6.32. The molecule has 4 nitrogen and oxygen atoms in total. The Morgan fingerprint density at radius 1 is 0.581 bits per heavy atom. The molecule has 0 heterocycles. The first-order chi connectivity index (χ1) is 19.8. The molecule has 1 aliphatic rings. The van der Waals surface area contributed by atoms with Crippen LogP contribution in [-0.4, -0.2) is 29.5 Å². The number of phenols is 2. The predicted octanol–water partition coefficient (Wildman–Crippen LogP) is 10.3. The Hall–Kier alpha value is -2.98. The van der Waals surface area contributed by atoms with Crippen LogP contribution in [0.1, 0.15) is 116 Å². The summed E-state index contributed by atoms with van der Waals surface area (Å²) < 4.78 is 13.0. The molecule has 1 saturated carbocycles. The Kier molecular flexibility index (Phi) is 9.07. The van der Waals surface area contributed by atoms with Gasteiger partial charge in [0, 0.05) is 40.5 Å². The molecule has 2 unspecified atom stereocenters. The van der Waals surface area contributed by atoms with Gasteiger partial charge in [0.1, 0.15) is 23.4 Å². The van der Waals surface area contributed by atoms with E-state index in [9.17, 15) is 10.2 Å². The lowest BCUT2D eigenvalue weighted by Crippen LogP contribution is -2.36. The number of benzene rings is 3. The second-order valence-electron chi connectivity index (χ2n) is 15.8. The molecule has 3 aromatic carbocycles. The molecular weight excluding hydrogens is 532 g/mol. The molecule has 0 amide bonds. The van der Waals surface area contributed by atoms with Crippen LogP contribution in [0.15, 0.2) is 36.4 Å². The van der Waals surface area contributed by atoms with E-state index in [1.165, 1.54) is 0 Å². The van der Waals surface area contributed by atoms with E-state index in [0.29, 0.717) is 5.75 Å². The summed E-state index contributed by atoms with van der Waals surface area (Å²) in [6, 6.07) is 12.7. The number of phenolic OH excluding ortho intramolecular Hbond substituents is 2. The summed E-state index contributed by atoms with van der Waals surface area (Å²) in [5.74, 6) is 1.23. The van der Waals surface area contributed by atoms with Crippen molar-refractivity contribution in [1.82, 2.24) is 0 Å². The van der Waals surface area contributed by atoms with Gasteiger partial charge in [-0.1, -0.05) is 80.9 Å². The van der Waals surface area contributed by atoms with Gasteiger partial charge in [0.2, 0.25) is 0 Å². The molecule has 3 aromatic rings. The molecule has 2 atom stereocenters. The average molecular weight is 587 g/mol. The van der Waals surface area contributed by atoms with E-state index in [-0.39, 0.29) is 40.0 Å². The molecule has 4 heteroatoms. The zero-order valence-corrected chi connectivity index (χ0v) is 28.7. The lowest BCUT2D eigenvalue weighted by Gasteiger charge is -2.34. The molecule has 0 aliphatic heterocycles. The second-order valence-corrected chi connectivity index (χ2v) is 15.8. The van der Waals surface area contributed by atoms with Crippen LogP contribution in [0.2, 0.25) is 0 Å². The average Bonchev–Trinajstić information content (AvgIpc) is 2.89. The van der Waals surface area contributed by atoms with Gasteiger partial charge in [-0.15, -0.1) is 0 Å². The number of methoxy groups -OCH3 is 1. The summed E-state index contributed by atoms with van der Waals surface area (Å²) in [4.78, 5) is 0. The molecule has 2 N–H and O–H groups in total. The van der Waals surface area contributed by atoms with Crippen molar-refractivity contribution in [3.05, 3.63) is 64.2 Å². The van der Waals surface area contributed by atoms with Crippen molar-refractivity contribution in [2.24, 2.45) is 0 Å². The number of aromatic hydroxyl groups is 2. The molecule has 4 rings (SSSR count). The van der Waals surface area contributed by atoms with Gasteiger partial charge < -0.3 is 19.7 Å². The van der Waals surface area contributed by atoms with Crippen LogP contribution in [0.3, 0.4) is 0 Å². The molecule has 0 radical (unpaired) electrons. The first-order valence-corrected chi connectivity index (χ1v) is 15.9. The quantitative estimate of drug-likeness (QED) is 0.312. The number of aryl methyl sites for hydroxylation is 2. The standard InChI is InChI=1S/C39H54O4/c1-23-17-26(34(40)30(19-23)38(6,7)8)28-21-25(37(3,4)5)22-29(36(28)43-33-16-14-13-15-32(33)42-12)27-18-24(2)20-31(35(27)41)39(9,10)11/h17-22,32-33,40-41H,13-16H2,1-12H3. The Morgan fingerprint density at radius 3 is 1.37 bits per heavy atom. The van der Waals surface area contributed by atoms with Crippen LogP contribution >= 0.6 is 0 Å². The summed E-state index contributed by atoms with van der Waals surface area (Å²) in [6.45, 7) is 23.5. The number of rotatable bonds is 5. The summed E-state index contributed by atoms with van der Waals surface area (Å²) >= 11 is 0. The van der Waals surface area contributed by atoms with E-state index in [4.69, 9.17) is 9.47 Å². The van der Waals surface area contributed by atoms with E-state index in [1.54, 1.807) is 7.11 Å². The molecule has 43 heavy (non-hydrogen) atoms. The molecule has 1 fully saturated rings. The smallest absolute Gasteiger partial charge is 0.135 e. The Morgan fingerprint density at radius 2 is 1.00 bits per heavy atom. The van der Waals surface area contributed by atoms with E-state index in [1.807, 2.05) is 0 Å². The van der Waals surface area contributed by atoms with Crippen molar-refractivity contribution in [2.75, 3.05) is 7.11 Å². The minimum atomic E-state index is -0.253. The summed E-state index contributed by atoms with van der Waals surface area (Å²) in [6.07, 6.45) is 3.85. The SMILES string of the molecule is COC1CCCCC1Oc1c(-c2cc(C)cc(C(C)(C)C)c2O)cc(C(C)(C)C)cc1-c1cc(C)cc(C(C)(C)C)c1O. The van der Waals surface area contributed by atoms with Crippen LogP contribution in [0.4, 0.5) is 0 Å². The second kappa shape index (κ2) is 11.8. The Balaban J connectivity index is 2.17. The summed E-state index contributed by atoms with van der Waals surface area (Å²) in [5.41, 5.74) is 7.54. The third kappa shape index (κ3) is 6.90. The van der Waals surface area contributed by atoms with Gasteiger partial charge >= 0.3 is 0 Å². The highest BCUT2D eigenvalue weighted by atomic mass is 16.5. The molecule has 0 bridgehead atoms. The van der Waals surface area contributed by atoms with E-state index >= 15 is 0 Å².